The molecular weight excluding hydrogens is 308 g/mol. The molecule has 2 N–H and O–H groups in total. The van der Waals surface area contributed by atoms with Gasteiger partial charge in [0.15, 0.2) is 0 Å². The molecule has 3 aromatic rings. The SMILES string of the molecule is c1ccc(Nc2[nH]nc3c2Cc2cc(N4CCCCC4)ccc2-3)cc1. The molecule has 2 aliphatic rings. The molecule has 0 radical (unpaired) electrons. The third kappa shape index (κ3) is 2.58. The Morgan fingerprint density at radius 1 is 0.960 bits per heavy atom. The minimum Gasteiger partial charge on any atom is -0.372 e. The average molecular weight is 330 g/mol. The Hall–Kier alpha value is -2.75. The first-order valence-electron chi connectivity index (χ1n) is 9.16. The van der Waals surface area contributed by atoms with E-state index in [0.29, 0.717) is 0 Å². The Labute approximate surface area is 147 Å². The Morgan fingerprint density at radius 2 is 1.80 bits per heavy atom. The number of nitrogens with zero attached hydrogens (tertiary/aromatic N) is 2. The molecule has 0 saturated carbocycles. The molecule has 4 nitrogen and oxygen atoms in total. The van der Waals surface area contributed by atoms with Gasteiger partial charge in [-0.05, 0) is 49.1 Å². The van der Waals surface area contributed by atoms with Gasteiger partial charge >= 0.3 is 0 Å². The number of H-pyrrole nitrogens is 1. The summed E-state index contributed by atoms with van der Waals surface area (Å²) in [6.45, 7) is 2.37. The van der Waals surface area contributed by atoms with E-state index >= 15 is 0 Å². The molecule has 25 heavy (non-hydrogen) atoms. The summed E-state index contributed by atoms with van der Waals surface area (Å²) in [5, 5.41) is 11.2. The number of piperidine rings is 1. The van der Waals surface area contributed by atoms with E-state index in [1.165, 1.54) is 54.7 Å². The number of nitrogens with one attached hydrogen (secondary N) is 2. The average Bonchev–Trinajstić information content (AvgIpc) is 3.22. The van der Waals surface area contributed by atoms with Crippen molar-refractivity contribution in [2.75, 3.05) is 23.3 Å². The van der Waals surface area contributed by atoms with Crippen LogP contribution in [0.3, 0.4) is 0 Å². The second-order valence-corrected chi connectivity index (χ2v) is 6.98. The number of anilines is 3. The van der Waals surface area contributed by atoms with Crippen molar-refractivity contribution in [3.8, 4) is 11.3 Å². The minimum absolute atomic E-state index is 0.942. The van der Waals surface area contributed by atoms with Crippen molar-refractivity contribution >= 4 is 17.2 Å². The molecule has 1 saturated heterocycles. The monoisotopic (exact) mass is 330 g/mol. The summed E-state index contributed by atoms with van der Waals surface area (Å²) >= 11 is 0. The molecule has 4 heteroatoms. The lowest BCUT2D eigenvalue weighted by atomic mass is 10.1. The number of hydrogen-bond donors (Lipinski definition) is 2. The zero-order chi connectivity index (χ0) is 16.6. The van der Waals surface area contributed by atoms with Crippen LogP contribution in [0.15, 0.2) is 48.5 Å². The normalized spacial score (nSPS) is 15.8. The van der Waals surface area contributed by atoms with Crippen LogP contribution in [0.1, 0.15) is 30.4 Å². The molecule has 1 aromatic heterocycles. The summed E-state index contributed by atoms with van der Waals surface area (Å²) in [6, 6.07) is 17.1. The molecule has 2 heterocycles. The third-order valence-electron chi connectivity index (χ3n) is 5.34. The van der Waals surface area contributed by atoms with Crippen molar-refractivity contribution in [1.29, 1.82) is 0 Å². The number of para-hydroxylation sites is 1. The van der Waals surface area contributed by atoms with Gasteiger partial charge in [0.25, 0.3) is 0 Å². The van der Waals surface area contributed by atoms with Gasteiger partial charge in [-0.25, -0.2) is 0 Å². The number of aromatic nitrogens is 2. The van der Waals surface area contributed by atoms with E-state index in [1.807, 2.05) is 18.2 Å². The van der Waals surface area contributed by atoms with Crippen LogP contribution in [0, 0.1) is 0 Å². The summed E-state index contributed by atoms with van der Waals surface area (Å²) in [6.07, 6.45) is 4.93. The van der Waals surface area contributed by atoms with Gasteiger partial charge in [-0.2, -0.15) is 5.10 Å². The molecule has 1 aliphatic carbocycles. The van der Waals surface area contributed by atoms with Crippen LogP contribution in [0.25, 0.3) is 11.3 Å². The lowest BCUT2D eigenvalue weighted by Gasteiger charge is -2.29. The highest BCUT2D eigenvalue weighted by molar-refractivity contribution is 5.81. The maximum atomic E-state index is 4.58. The van der Waals surface area contributed by atoms with Gasteiger partial charge in [0.05, 0.1) is 5.69 Å². The van der Waals surface area contributed by atoms with E-state index in [9.17, 15) is 0 Å². The molecule has 0 amide bonds. The predicted molar refractivity (Wildman–Crippen MR) is 103 cm³/mol. The lowest BCUT2D eigenvalue weighted by Crippen LogP contribution is -2.29. The molecule has 1 fully saturated rings. The first-order chi connectivity index (χ1) is 12.4. The Bertz CT molecular complexity index is 892. The number of aromatic amines is 1. The zero-order valence-electron chi connectivity index (χ0n) is 14.3. The Morgan fingerprint density at radius 3 is 2.64 bits per heavy atom. The van der Waals surface area contributed by atoms with E-state index in [1.54, 1.807) is 0 Å². The topological polar surface area (TPSA) is 44.0 Å². The van der Waals surface area contributed by atoms with Crippen LogP contribution in [0.2, 0.25) is 0 Å². The highest BCUT2D eigenvalue weighted by atomic mass is 15.2. The summed E-state index contributed by atoms with van der Waals surface area (Å²) in [7, 11) is 0. The first-order valence-corrected chi connectivity index (χ1v) is 9.16. The molecular formula is C21H22N4. The number of rotatable bonds is 3. The van der Waals surface area contributed by atoms with E-state index in [0.717, 1.165) is 23.6 Å². The molecule has 0 unspecified atom stereocenters. The van der Waals surface area contributed by atoms with Gasteiger partial charge < -0.3 is 10.2 Å². The van der Waals surface area contributed by atoms with Crippen LogP contribution in [0.4, 0.5) is 17.2 Å². The minimum atomic E-state index is 0.942. The van der Waals surface area contributed by atoms with E-state index in [4.69, 9.17) is 0 Å². The summed E-state index contributed by atoms with van der Waals surface area (Å²) in [5.74, 6) is 1.01. The number of benzene rings is 2. The molecule has 0 atom stereocenters. The second kappa shape index (κ2) is 5.96. The van der Waals surface area contributed by atoms with Crippen LogP contribution in [-0.4, -0.2) is 23.3 Å². The van der Waals surface area contributed by atoms with Gasteiger partial charge in [-0.15, -0.1) is 0 Å². The zero-order valence-corrected chi connectivity index (χ0v) is 14.3. The highest BCUT2D eigenvalue weighted by Gasteiger charge is 2.26. The fraction of sp³-hybridized carbons (Fsp3) is 0.286. The first kappa shape index (κ1) is 14.6. The van der Waals surface area contributed by atoms with Crippen LogP contribution in [-0.2, 0) is 6.42 Å². The molecule has 2 aromatic carbocycles. The van der Waals surface area contributed by atoms with Crippen molar-refractivity contribution in [2.45, 2.75) is 25.7 Å². The molecule has 5 rings (SSSR count). The summed E-state index contributed by atoms with van der Waals surface area (Å²) in [5.41, 5.74) is 7.48. The van der Waals surface area contributed by atoms with Gasteiger partial charge in [0.1, 0.15) is 5.82 Å². The fourth-order valence-corrected chi connectivity index (χ4v) is 4.03. The standard InChI is InChI=1S/C21H22N4/c1-3-7-16(8-4-1)22-21-19-14-15-13-17(25-11-5-2-6-12-25)9-10-18(15)20(19)23-24-21/h1,3-4,7-10,13H,2,5-6,11-12,14H2,(H2,22,23,24). The molecule has 0 spiro atoms. The smallest absolute Gasteiger partial charge is 0.130 e. The maximum Gasteiger partial charge on any atom is 0.130 e. The van der Waals surface area contributed by atoms with Gasteiger partial charge in [-0.1, -0.05) is 24.3 Å². The van der Waals surface area contributed by atoms with Gasteiger partial charge in [0, 0.05) is 42.0 Å². The fourth-order valence-electron chi connectivity index (χ4n) is 4.03. The van der Waals surface area contributed by atoms with Crippen molar-refractivity contribution in [3.63, 3.8) is 0 Å². The molecule has 1 aliphatic heterocycles. The second-order valence-electron chi connectivity index (χ2n) is 6.98. The van der Waals surface area contributed by atoms with E-state index in [-0.39, 0.29) is 0 Å². The maximum absolute atomic E-state index is 4.58. The molecule has 126 valence electrons. The predicted octanol–water partition coefficient (Wildman–Crippen LogP) is 4.71. The van der Waals surface area contributed by atoms with E-state index in [2.05, 4.69) is 50.7 Å². The summed E-state index contributed by atoms with van der Waals surface area (Å²) in [4.78, 5) is 2.52. The van der Waals surface area contributed by atoms with Gasteiger partial charge in [0.2, 0.25) is 0 Å². The van der Waals surface area contributed by atoms with Gasteiger partial charge in [-0.3, -0.25) is 5.10 Å². The van der Waals surface area contributed by atoms with Crippen molar-refractivity contribution in [1.82, 2.24) is 10.2 Å². The molecule has 0 bridgehead atoms. The van der Waals surface area contributed by atoms with Crippen LogP contribution in [0.5, 0.6) is 0 Å². The van der Waals surface area contributed by atoms with Crippen molar-refractivity contribution < 1.29 is 0 Å². The largest absolute Gasteiger partial charge is 0.372 e. The van der Waals surface area contributed by atoms with E-state index < -0.39 is 0 Å². The van der Waals surface area contributed by atoms with Crippen LogP contribution < -0.4 is 10.2 Å². The van der Waals surface area contributed by atoms with Crippen molar-refractivity contribution in [3.05, 3.63) is 59.7 Å². The number of fused-ring (bicyclic) bond motifs is 3. The van der Waals surface area contributed by atoms with Crippen LogP contribution >= 0.6 is 0 Å². The Kier molecular flexibility index (Phi) is 3.47. The third-order valence-corrected chi connectivity index (χ3v) is 5.34. The van der Waals surface area contributed by atoms with Crippen molar-refractivity contribution in [2.24, 2.45) is 0 Å². The highest BCUT2D eigenvalue weighted by Crippen LogP contribution is 2.41. The number of hydrogen-bond acceptors (Lipinski definition) is 3. The Balaban J connectivity index is 1.43. The lowest BCUT2D eigenvalue weighted by molar-refractivity contribution is 0.578. The summed E-state index contributed by atoms with van der Waals surface area (Å²) < 4.78 is 0. The quantitative estimate of drug-likeness (QED) is 0.571.